The second kappa shape index (κ2) is 9.46. The summed E-state index contributed by atoms with van der Waals surface area (Å²) in [6, 6.07) is 10.7. The number of anilines is 1. The fourth-order valence-corrected chi connectivity index (χ4v) is 2.95. The standard InChI is InChI=1S/C18H29N3O/c1-17(22)19-11-7-2-3-8-12-20-13-15-21(16-14-20)18-9-5-4-6-10-18/h4-6,9-10H,2-3,7-8,11-16H2,1H3,(H,19,22). The molecule has 0 atom stereocenters. The SMILES string of the molecule is CC(=O)NCCCCCCN1CCN(c2ccccc2)CC1. The number of nitrogens with zero attached hydrogens (tertiary/aromatic N) is 2. The van der Waals surface area contributed by atoms with Gasteiger partial charge in [0.25, 0.3) is 0 Å². The van der Waals surface area contributed by atoms with Crippen LogP contribution in [0.2, 0.25) is 0 Å². The molecule has 122 valence electrons. The van der Waals surface area contributed by atoms with Crippen LogP contribution in [-0.4, -0.2) is 50.1 Å². The number of para-hydroxylation sites is 1. The largest absolute Gasteiger partial charge is 0.369 e. The highest BCUT2D eigenvalue weighted by molar-refractivity contribution is 5.72. The highest BCUT2D eigenvalue weighted by atomic mass is 16.1. The lowest BCUT2D eigenvalue weighted by Gasteiger charge is -2.36. The van der Waals surface area contributed by atoms with E-state index in [4.69, 9.17) is 0 Å². The second-order valence-corrected chi connectivity index (χ2v) is 6.06. The molecule has 1 saturated heterocycles. The first-order chi connectivity index (χ1) is 10.8. The summed E-state index contributed by atoms with van der Waals surface area (Å²) in [5.41, 5.74) is 1.35. The number of nitrogens with one attached hydrogen (secondary N) is 1. The number of carbonyl (C=O) groups is 1. The first-order valence-electron chi connectivity index (χ1n) is 8.52. The minimum atomic E-state index is 0.0799. The Balaban J connectivity index is 1.52. The summed E-state index contributed by atoms with van der Waals surface area (Å²) in [6.45, 7) is 8.21. The fraction of sp³-hybridized carbons (Fsp3) is 0.611. The molecule has 0 radical (unpaired) electrons. The van der Waals surface area contributed by atoms with E-state index in [2.05, 4.69) is 45.4 Å². The van der Waals surface area contributed by atoms with Crippen molar-refractivity contribution in [3.8, 4) is 0 Å². The van der Waals surface area contributed by atoms with Crippen LogP contribution in [0.15, 0.2) is 30.3 Å². The van der Waals surface area contributed by atoms with E-state index in [1.54, 1.807) is 6.92 Å². The topological polar surface area (TPSA) is 35.6 Å². The molecule has 0 unspecified atom stereocenters. The zero-order chi connectivity index (χ0) is 15.6. The van der Waals surface area contributed by atoms with Crippen molar-refractivity contribution < 1.29 is 4.79 Å². The smallest absolute Gasteiger partial charge is 0.216 e. The molecule has 1 aliphatic heterocycles. The molecular weight excluding hydrogens is 274 g/mol. The van der Waals surface area contributed by atoms with Gasteiger partial charge < -0.3 is 10.2 Å². The minimum absolute atomic E-state index is 0.0799. The third kappa shape index (κ3) is 6.06. The zero-order valence-electron chi connectivity index (χ0n) is 13.8. The predicted molar refractivity (Wildman–Crippen MR) is 92.2 cm³/mol. The Hall–Kier alpha value is -1.55. The molecule has 0 aliphatic carbocycles. The molecule has 0 bridgehead atoms. The number of hydrogen-bond donors (Lipinski definition) is 1. The highest BCUT2D eigenvalue weighted by Crippen LogP contribution is 2.15. The third-order valence-electron chi connectivity index (χ3n) is 4.27. The predicted octanol–water partition coefficient (Wildman–Crippen LogP) is 2.51. The molecule has 0 aromatic heterocycles. The van der Waals surface area contributed by atoms with E-state index in [0.717, 1.165) is 26.1 Å². The Bertz CT molecular complexity index is 427. The third-order valence-corrected chi connectivity index (χ3v) is 4.27. The minimum Gasteiger partial charge on any atom is -0.369 e. The van der Waals surface area contributed by atoms with Crippen LogP contribution >= 0.6 is 0 Å². The van der Waals surface area contributed by atoms with Crippen LogP contribution in [-0.2, 0) is 4.79 Å². The van der Waals surface area contributed by atoms with Crippen molar-refractivity contribution in [3.05, 3.63) is 30.3 Å². The van der Waals surface area contributed by atoms with Crippen molar-refractivity contribution in [2.75, 3.05) is 44.2 Å². The van der Waals surface area contributed by atoms with Crippen molar-refractivity contribution in [1.29, 1.82) is 0 Å². The molecule has 1 amide bonds. The fourth-order valence-electron chi connectivity index (χ4n) is 2.95. The van der Waals surface area contributed by atoms with Crippen LogP contribution in [0.1, 0.15) is 32.6 Å². The van der Waals surface area contributed by atoms with Crippen molar-refractivity contribution in [1.82, 2.24) is 10.2 Å². The lowest BCUT2D eigenvalue weighted by molar-refractivity contribution is -0.118. The lowest BCUT2D eigenvalue weighted by atomic mass is 10.1. The van der Waals surface area contributed by atoms with Gasteiger partial charge in [-0.05, 0) is 31.5 Å². The maximum absolute atomic E-state index is 10.7. The molecule has 1 N–H and O–H groups in total. The number of hydrogen-bond acceptors (Lipinski definition) is 3. The van der Waals surface area contributed by atoms with Gasteiger partial charge in [0.1, 0.15) is 0 Å². The number of benzene rings is 1. The number of piperazine rings is 1. The Morgan fingerprint density at radius 1 is 1.00 bits per heavy atom. The van der Waals surface area contributed by atoms with E-state index in [1.807, 2.05) is 0 Å². The summed E-state index contributed by atoms with van der Waals surface area (Å²) in [7, 11) is 0. The van der Waals surface area contributed by atoms with Crippen LogP contribution < -0.4 is 10.2 Å². The van der Waals surface area contributed by atoms with E-state index < -0.39 is 0 Å². The average molecular weight is 303 g/mol. The van der Waals surface area contributed by atoms with Gasteiger partial charge in [0, 0.05) is 45.3 Å². The molecule has 1 aromatic rings. The van der Waals surface area contributed by atoms with E-state index in [1.165, 1.54) is 44.6 Å². The number of rotatable bonds is 8. The summed E-state index contributed by atoms with van der Waals surface area (Å²) < 4.78 is 0. The molecule has 0 saturated carbocycles. The van der Waals surface area contributed by atoms with Crippen LogP contribution in [0.25, 0.3) is 0 Å². The van der Waals surface area contributed by atoms with Crippen LogP contribution in [0.4, 0.5) is 5.69 Å². The summed E-state index contributed by atoms with van der Waals surface area (Å²) in [6.07, 6.45) is 4.84. The molecule has 1 aromatic carbocycles. The molecule has 0 spiro atoms. The van der Waals surface area contributed by atoms with Gasteiger partial charge >= 0.3 is 0 Å². The maximum atomic E-state index is 10.7. The average Bonchev–Trinajstić information content (AvgIpc) is 2.55. The van der Waals surface area contributed by atoms with Gasteiger partial charge in [0.05, 0.1) is 0 Å². The molecule has 22 heavy (non-hydrogen) atoms. The lowest BCUT2D eigenvalue weighted by Crippen LogP contribution is -2.46. The van der Waals surface area contributed by atoms with Crippen molar-refractivity contribution in [2.24, 2.45) is 0 Å². The van der Waals surface area contributed by atoms with E-state index in [9.17, 15) is 4.79 Å². The van der Waals surface area contributed by atoms with E-state index in [0.29, 0.717) is 0 Å². The summed E-state index contributed by atoms with van der Waals surface area (Å²) in [5.74, 6) is 0.0799. The maximum Gasteiger partial charge on any atom is 0.216 e. The van der Waals surface area contributed by atoms with Gasteiger partial charge in [-0.15, -0.1) is 0 Å². The summed E-state index contributed by atoms with van der Waals surface area (Å²) >= 11 is 0. The Labute approximate surface area is 134 Å². The van der Waals surface area contributed by atoms with Crippen LogP contribution in [0.5, 0.6) is 0 Å². The normalized spacial score (nSPS) is 15.8. The summed E-state index contributed by atoms with van der Waals surface area (Å²) in [4.78, 5) is 15.8. The molecule has 1 fully saturated rings. The molecular formula is C18H29N3O. The second-order valence-electron chi connectivity index (χ2n) is 6.06. The molecule has 4 nitrogen and oxygen atoms in total. The van der Waals surface area contributed by atoms with Gasteiger partial charge in [-0.25, -0.2) is 0 Å². The van der Waals surface area contributed by atoms with Gasteiger partial charge in [-0.3, -0.25) is 9.69 Å². The van der Waals surface area contributed by atoms with Crippen LogP contribution in [0, 0.1) is 0 Å². The first kappa shape index (κ1) is 16.8. The van der Waals surface area contributed by atoms with Gasteiger partial charge in [0.15, 0.2) is 0 Å². The van der Waals surface area contributed by atoms with Crippen molar-refractivity contribution in [3.63, 3.8) is 0 Å². The van der Waals surface area contributed by atoms with Gasteiger partial charge in [0.2, 0.25) is 5.91 Å². The number of unbranched alkanes of at least 4 members (excludes halogenated alkanes) is 3. The van der Waals surface area contributed by atoms with Crippen molar-refractivity contribution >= 4 is 11.6 Å². The zero-order valence-corrected chi connectivity index (χ0v) is 13.8. The quantitative estimate of drug-likeness (QED) is 0.750. The molecule has 1 heterocycles. The monoisotopic (exact) mass is 303 g/mol. The molecule has 2 rings (SSSR count). The number of carbonyl (C=O) groups excluding carboxylic acids is 1. The first-order valence-corrected chi connectivity index (χ1v) is 8.52. The van der Waals surface area contributed by atoms with E-state index in [-0.39, 0.29) is 5.91 Å². The summed E-state index contributed by atoms with van der Waals surface area (Å²) in [5, 5.41) is 2.85. The Morgan fingerprint density at radius 3 is 2.36 bits per heavy atom. The Kier molecular flexibility index (Phi) is 7.23. The highest BCUT2D eigenvalue weighted by Gasteiger charge is 2.16. The van der Waals surface area contributed by atoms with Crippen molar-refractivity contribution in [2.45, 2.75) is 32.6 Å². The number of amides is 1. The molecule has 1 aliphatic rings. The molecule has 4 heteroatoms. The van der Waals surface area contributed by atoms with E-state index >= 15 is 0 Å². The Morgan fingerprint density at radius 2 is 1.68 bits per heavy atom. The van der Waals surface area contributed by atoms with Crippen LogP contribution in [0.3, 0.4) is 0 Å². The van der Waals surface area contributed by atoms with Gasteiger partial charge in [-0.2, -0.15) is 0 Å². The van der Waals surface area contributed by atoms with Gasteiger partial charge in [-0.1, -0.05) is 31.0 Å².